The van der Waals surface area contributed by atoms with Crippen LogP contribution in [0.4, 0.5) is 0 Å². The first kappa shape index (κ1) is 9.98. The van der Waals surface area contributed by atoms with Crippen LogP contribution in [0.2, 0.25) is 0 Å². The molecule has 1 aliphatic rings. The average Bonchev–Trinajstić information content (AvgIpc) is 2.98. The summed E-state index contributed by atoms with van der Waals surface area (Å²) in [6, 6.07) is 6.82. The first-order valence-electron chi connectivity index (χ1n) is 4.84. The number of hydrogen-bond acceptors (Lipinski definition) is 4. The van der Waals surface area contributed by atoms with Crippen molar-refractivity contribution < 1.29 is 19.4 Å². The molecule has 0 radical (unpaired) electrons. The van der Waals surface area contributed by atoms with Gasteiger partial charge in [0.1, 0.15) is 11.9 Å². The lowest BCUT2D eigenvalue weighted by molar-refractivity contribution is -0.144. The Morgan fingerprint density at radius 3 is 2.93 bits per heavy atom. The van der Waals surface area contributed by atoms with Crippen molar-refractivity contribution in [3.05, 3.63) is 29.8 Å². The number of carbonyl (C=O) groups excluding carboxylic acids is 1. The van der Waals surface area contributed by atoms with Crippen LogP contribution in [0.5, 0.6) is 5.75 Å². The zero-order valence-electron chi connectivity index (χ0n) is 8.34. The van der Waals surface area contributed by atoms with Crippen LogP contribution in [0, 0.1) is 0 Å². The Kier molecular flexibility index (Phi) is 2.60. The number of phenols is 1. The van der Waals surface area contributed by atoms with Crippen LogP contribution < -0.4 is 0 Å². The predicted molar refractivity (Wildman–Crippen MR) is 52.4 cm³/mol. The molecule has 4 nitrogen and oxygen atoms in total. The lowest BCUT2D eigenvalue weighted by Crippen LogP contribution is -2.11. The van der Waals surface area contributed by atoms with Crippen LogP contribution in [0.25, 0.3) is 0 Å². The summed E-state index contributed by atoms with van der Waals surface area (Å²) in [5.41, 5.74) is 0.635. The molecule has 0 bridgehead atoms. The van der Waals surface area contributed by atoms with Gasteiger partial charge in [-0.2, -0.15) is 0 Å². The maximum absolute atomic E-state index is 11.3. The van der Waals surface area contributed by atoms with Crippen molar-refractivity contribution in [2.75, 3.05) is 6.61 Å². The third-order valence-corrected chi connectivity index (χ3v) is 2.25. The maximum Gasteiger partial charge on any atom is 0.338 e. The summed E-state index contributed by atoms with van der Waals surface area (Å²) in [5, 5.41) is 9.52. The number of hydrogen-bond donors (Lipinski definition) is 1. The molecule has 0 saturated carbocycles. The second-order valence-corrected chi connectivity index (χ2v) is 3.29. The Morgan fingerprint density at radius 2 is 2.27 bits per heavy atom. The van der Waals surface area contributed by atoms with Gasteiger partial charge in [-0.15, -0.1) is 0 Å². The number of epoxide rings is 1. The normalized spacial score (nSPS) is 23.5. The van der Waals surface area contributed by atoms with Gasteiger partial charge in [-0.25, -0.2) is 4.79 Å². The van der Waals surface area contributed by atoms with E-state index in [0.717, 1.165) is 0 Å². The van der Waals surface area contributed by atoms with Crippen LogP contribution in [-0.2, 0) is 14.3 Å². The quantitative estimate of drug-likeness (QED) is 0.602. The number of benzene rings is 1. The monoisotopic (exact) mass is 208 g/mol. The molecule has 0 aliphatic carbocycles. The van der Waals surface area contributed by atoms with Gasteiger partial charge in [0, 0.05) is 5.56 Å². The lowest BCUT2D eigenvalue weighted by atomic mass is 10.1. The topological polar surface area (TPSA) is 59.1 Å². The van der Waals surface area contributed by atoms with Gasteiger partial charge in [-0.1, -0.05) is 18.2 Å². The van der Waals surface area contributed by atoms with Crippen molar-refractivity contribution in [1.82, 2.24) is 0 Å². The third kappa shape index (κ3) is 1.94. The molecule has 1 N–H and O–H groups in total. The molecule has 0 spiro atoms. The van der Waals surface area contributed by atoms with E-state index in [1.165, 1.54) is 0 Å². The largest absolute Gasteiger partial charge is 0.508 e. The van der Waals surface area contributed by atoms with Gasteiger partial charge < -0.3 is 14.6 Å². The first-order chi connectivity index (χ1) is 7.24. The van der Waals surface area contributed by atoms with Gasteiger partial charge in [0.05, 0.1) is 6.61 Å². The van der Waals surface area contributed by atoms with E-state index in [-0.39, 0.29) is 17.8 Å². The fourth-order valence-electron chi connectivity index (χ4n) is 1.48. The zero-order valence-corrected chi connectivity index (χ0v) is 8.34. The van der Waals surface area contributed by atoms with Gasteiger partial charge in [0.25, 0.3) is 0 Å². The summed E-state index contributed by atoms with van der Waals surface area (Å²) in [6.07, 6.45) is -0.913. The number of carbonyl (C=O) groups is 1. The Bertz CT molecular complexity index is 375. The van der Waals surface area contributed by atoms with E-state index in [9.17, 15) is 9.90 Å². The van der Waals surface area contributed by atoms with Gasteiger partial charge >= 0.3 is 5.97 Å². The third-order valence-electron chi connectivity index (χ3n) is 2.25. The van der Waals surface area contributed by atoms with Crippen LogP contribution in [0.1, 0.15) is 18.6 Å². The van der Waals surface area contributed by atoms with E-state index in [1.807, 2.05) is 0 Å². The Labute approximate surface area is 87.4 Å². The molecule has 0 amide bonds. The predicted octanol–water partition coefficient (Wildman–Crippen LogP) is 1.40. The molecule has 80 valence electrons. The van der Waals surface area contributed by atoms with Crippen molar-refractivity contribution in [3.63, 3.8) is 0 Å². The van der Waals surface area contributed by atoms with Crippen molar-refractivity contribution in [2.45, 2.75) is 19.1 Å². The highest BCUT2D eigenvalue weighted by atomic mass is 16.6. The van der Waals surface area contributed by atoms with Gasteiger partial charge in [-0.05, 0) is 13.0 Å². The van der Waals surface area contributed by atoms with Crippen LogP contribution >= 0.6 is 0 Å². The second-order valence-electron chi connectivity index (χ2n) is 3.29. The molecule has 15 heavy (non-hydrogen) atoms. The van der Waals surface area contributed by atoms with Crippen molar-refractivity contribution >= 4 is 5.97 Å². The van der Waals surface area contributed by atoms with Crippen molar-refractivity contribution in [2.24, 2.45) is 0 Å². The highest BCUT2D eigenvalue weighted by molar-refractivity contribution is 5.78. The summed E-state index contributed by atoms with van der Waals surface area (Å²) in [6.45, 7) is 2.08. The van der Waals surface area contributed by atoms with Gasteiger partial charge in [0.15, 0.2) is 6.10 Å². The fraction of sp³-hybridized carbons (Fsp3) is 0.364. The number of esters is 1. The van der Waals surface area contributed by atoms with Crippen LogP contribution in [-0.4, -0.2) is 23.8 Å². The minimum atomic E-state index is -0.557. The molecule has 1 aromatic carbocycles. The van der Waals surface area contributed by atoms with E-state index < -0.39 is 6.10 Å². The molecular weight excluding hydrogens is 196 g/mol. The summed E-state index contributed by atoms with van der Waals surface area (Å²) in [5.74, 6) is -0.222. The minimum absolute atomic E-state index is 0.147. The van der Waals surface area contributed by atoms with E-state index in [1.54, 1.807) is 31.2 Å². The Morgan fingerprint density at radius 1 is 1.53 bits per heavy atom. The number of ether oxygens (including phenoxy) is 2. The summed E-state index contributed by atoms with van der Waals surface area (Å²) in [4.78, 5) is 11.3. The molecule has 2 rings (SSSR count). The van der Waals surface area contributed by atoms with Crippen LogP contribution in [0.3, 0.4) is 0 Å². The molecule has 1 fully saturated rings. The zero-order chi connectivity index (χ0) is 10.8. The van der Waals surface area contributed by atoms with Crippen LogP contribution in [0.15, 0.2) is 24.3 Å². The summed E-state index contributed by atoms with van der Waals surface area (Å²) >= 11 is 0. The maximum atomic E-state index is 11.3. The summed E-state index contributed by atoms with van der Waals surface area (Å²) < 4.78 is 9.98. The number of rotatable bonds is 3. The fourth-order valence-corrected chi connectivity index (χ4v) is 1.48. The molecule has 1 saturated heterocycles. The first-order valence-corrected chi connectivity index (χ1v) is 4.84. The number of aromatic hydroxyl groups is 1. The van der Waals surface area contributed by atoms with Gasteiger partial charge in [-0.3, -0.25) is 0 Å². The molecule has 2 unspecified atom stereocenters. The van der Waals surface area contributed by atoms with Gasteiger partial charge in [0.2, 0.25) is 0 Å². The second kappa shape index (κ2) is 3.90. The van der Waals surface area contributed by atoms with Crippen molar-refractivity contribution in [3.8, 4) is 5.75 Å². The van der Waals surface area contributed by atoms with E-state index in [4.69, 9.17) is 9.47 Å². The molecule has 1 heterocycles. The number of phenolic OH excluding ortho intramolecular Hbond substituents is 1. The van der Waals surface area contributed by atoms with E-state index in [0.29, 0.717) is 12.2 Å². The average molecular weight is 208 g/mol. The highest BCUT2D eigenvalue weighted by Gasteiger charge is 2.48. The highest BCUT2D eigenvalue weighted by Crippen LogP contribution is 2.42. The SMILES string of the molecule is CCOC(=O)C1OC1c1ccccc1O. The smallest absolute Gasteiger partial charge is 0.338 e. The minimum Gasteiger partial charge on any atom is -0.508 e. The van der Waals surface area contributed by atoms with E-state index in [2.05, 4.69) is 0 Å². The molecule has 2 atom stereocenters. The standard InChI is InChI=1S/C11H12O4/c1-2-14-11(13)10-9(15-10)7-5-3-4-6-8(7)12/h3-6,9-10,12H,2H2,1H3. The van der Waals surface area contributed by atoms with Crippen molar-refractivity contribution in [1.29, 1.82) is 0 Å². The van der Waals surface area contributed by atoms with E-state index >= 15 is 0 Å². The summed E-state index contributed by atoms with van der Waals surface area (Å²) in [7, 11) is 0. The number of para-hydroxylation sites is 1. The molecule has 4 heteroatoms. The molecular formula is C11H12O4. The Hall–Kier alpha value is -1.55. The molecule has 1 aliphatic heterocycles. The molecule has 1 aromatic rings. The Balaban J connectivity index is 2.05. The molecule has 0 aromatic heterocycles. The lowest BCUT2D eigenvalue weighted by Gasteiger charge is -1.99.